The summed E-state index contributed by atoms with van der Waals surface area (Å²) in [5, 5.41) is 0. The zero-order valence-electron chi connectivity index (χ0n) is 49.3. The Morgan fingerprint density at radius 1 is 0.280 bits per heavy atom. The first-order chi connectivity index (χ1) is 37.0. The first-order valence-corrected chi connectivity index (χ1v) is 31.7. The van der Waals surface area contributed by atoms with E-state index < -0.39 is 6.10 Å². The number of esters is 3. The van der Waals surface area contributed by atoms with Crippen LogP contribution in [0, 0.1) is 0 Å². The van der Waals surface area contributed by atoms with Gasteiger partial charge in [-0.1, -0.05) is 279 Å². The second kappa shape index (κ2) is 62.9. The van der Waals surface area contributed by atoms with E-state index in [9.17, 15) is 14.4 Å². The van der Waals surface area contributed by atoms with Gasteiger partial charge in [0.05, 0.1) is 0 Å². The van der Waals surface area contributed by atoms with Crippen LogP contribution in [0.15, 0.2) is 97.2 Å². The van der Waals surface area contributed by atoms with Gasteiger partial charge >= 0.3 is 17.9 Å². The van der Waals surface area contributed by atoms with Crippen LogP contribution in [0.3, 0.4) is 0 Å². The molecule has 75 heavy (non-hydrogen) atoms. The highest BCUT2D eigenvalue weighted by atomic mass is 16.6. The molecule has 430 valence electrons. The number of rotatable bonds is 57. The molecule has 0 rings (SSSR count). The number of hydrogen-bond acceptors (Lipinski definition) is 6. The summed E-state index contributed by atoms with van der Waals surface area (Å²) in [5.74, 6) is -0.901. The molecule has 6 heteroatoms. The van der Waals surface area contributed by atoms with E-state index in [4.69, 9.17) is 14.2 Å². The largest absolute Gasteiger partial charge is 0.462 e. The number of ether oxygens (including phenoxy) is 3. The molecule has 0 amide bonds. The standard InChI is InChI=1S/C69H118O6/c1-4-7-10-13-15-17-19-21-23-25-27-29-31-32-33-34-35-36-38-39-41-43-45-47-49-51-53-56-59-62-68(71)74-65-66(64-73-67(70)61-58-55-12-9-6-3)75-69(72)63-60-57-54-52-50-48-46-44-42-40-37-30-28-26-24-22-20-18-16-14-11-8-5-2/h8,11,16,18-19,21-22,24-25,27-28,30-32,40,42,66H,4-7,9-10,12-15,17,20,23,26,29,33-39,41,43-65H2,1-3H3/b11-8-,18-16-,21-19-,24-22-,27-25-,30-28-,32-31-,42-40-. The van der Waals surface area contributed by atoms with Gasteiger partial charge in [-0.25, -0.2) is 0 Å². The van der Waals surface area contributed by atoms with Crippen molar-refractivity contribution in [2.45, 2.75) is 309 Å². The number of carbonyl (C=O) groups excluding carboxylic acids is 3. The third-order valence-electron chi connectivity index (χ3n) is 13.6. The molecule has 0 radical (unpaired) electrons. The average Bonchev–Trinajstić information content (AvgIpc) is 3.41. The maximum absolute atomic E-state index is 12.8. The minimum atomic E-state index is -0.781. The van der Waals surface area contributed by atoms with Crippen LogP contribution in [0.4, 0.5) is 0 Å². The molecule has 0 aromatic heterocycles. The summed E-state index contributed by atoms with van der Waals surface area (Å²) < 4.78 is 16.8. The van der Waals surface area contributed by atoms with Gasteiger partial charge in [0.1, 0.15) is 13.2 Å². The lowest BCUT2D eigenvalue weighted by molar-refractivity contribution is -0.167. The van der Waals surface area contributed by atoms with Gasteiger partial charge < -0.3 is 14.2 Å². The Hall–Kier alpha value is -3.67. The topological polar surface area (TPSA) is 78.9 Å². The molecule has 0 N–H and O–H groups in total. The Labute approximate surface area is 464 Å². The maximum atomic E-state index is 12.8. The monoisotopic (exact) mass is 1040 g/mol. The Bertz CT molecular complexity index is 1480. The van der Waals surface area contributed by atoms with Crippen LogP contribution in [0.25, 0.3) is 0 Å². The Morgan fingerprint density at radius 2 is 0.520 bits per heavy atom. The zero-order chi connectivity index (χ0) is 54.3. The predicted octanol–water partition coefficient (Wildman–Crippen LogP) is 21.7. The Morgan fingerprint density at radius 3 is 0.813 bits per heavy atom. The minimum Gasteiger partial charge on any atom is -0.462 e. The molecule has 0 aromatic rings. The number of allylic oxidation sites excluding steroid dienone is 16. The van der Waals surface area contributed by atoms with Gasteiger partial charge in [-0.15, -0.1) is 0 Å². The van der Waals surface area contributed by atoms with E-state index in [1.165, 1.54) is 148 Å². The van der Waals surface area contributed by atoms with Crippen LogP contribution in [0.5, 0.6) is 0 Å². The van der Waals surface area contributed by atoms with Crippen LogP contribution >= 0.6 is 0 Å². The van der Waals surface area contributed by atoms with E-state index in [0.717, 1.165) is 116 Å². The highest BCUT2D eigenvalue weighted by molar-refractivity contribution is 5.71. The number of carbonyl (C=O) groups is 3. The molecule has 0 aromatic carbocycles. The predicted molar refractivity (Wildman–Crippen MR) is 325 cm³/mol. The van der Waals surface area contributed by atoms with E-state index in [0.29, 0.717) is 19.3 Å². The van der Waals surface area contributed by atoms with Gasteiger partial charge in [0, 0.05) is 19.3 Å². The molecule has 6 nitrogen and oxygen atoms in total. The van der Waals surface area contributed by atoms with Crippen molar-refractivity contribution < 1.29 is 28.6 Å². The SMILES string of the molecule is CC/C=C\C/C=C\C/C=C\C/C=C\C/C=C\CCCCCCCCCC(=O)OC(COC(=O)CCCCCCC)COC(=O)CCCCCCCCCCCCCCCC/C=C\C/C=C\C/C=C\CCCCCCC. The van der Waals surface area contributed by atoms with E-state index in [-0.39, 0.29) is 31.1 Å². The first kappa shape index (κ1) is 71.3. The second-order valence-corrected chi connectivity index (χ2v) is 20.9. The average molecular weight is 1040 g/mol. The number of hydrogen-bond donors (Lipinski definition) is 0. The fourth-order valence-electron chi connectivity index (χ4n) is 8.83. The van der Waals surface area contributed by atoms with Crippen molar-refractivity contribution >= 4 is 17.9 Å². The van der Waals surface area contributed by atoms with Crippen molar-refractivity contribution in [1.82, 2.24) is 0 Å². The van der Waals surface area contributed by atoms with Crippen molar-refractivity contribution in [2.24, 2.45) is 0 Å². The molecule has 1 unspecified atom stereocenters. The normalized spacial score (nSPS) is 12.7. The lowest BCUT2D eigenvalue weighted by Crippen LogP contribution is -2.30. The molecule has 0 spiro atoms. The fourth-order valence-corrected chi connectivity index (χ4v) is 8.83. The third kappa shape index (κ3) is 61.1. The fraction of sp³-hybridized carbons (Fsp3) is 0.725. The van der Waals surface area contributed by atoms with Gasteiger partial charge in [0.2, 0.25) is 0 Å². The van der Waals surface area contributed by atoms with E-state index >= 15 is 0 Å². The van der Waals surface area contributed by atoms with E-state index in [1.807, 2.05) is 0 Å². The van der Waals surface area contributed by atoms with Crippen LogP contribution in [0.1, 0.15) is 303 Å². The Balaban J connectivity index is 4.05. The van der Waals surface area contributed by atoms with Crippen LogP contribution < -0.4 is 0 Å². The molecule has 0 saturated carbocycles. The molecule has 0 fully saturated rings. The van der Waals surface area contributed by atoms with Crippen molar-refractivity contribution in [2.75, 3.05) is 13.2 Å². The smallest absolute Gasteiger partial charge is 0.306 e. The summed E-state index contributed by atoms with van der Waals surface area (Å²) in [6.07, 6.45) is 84.6. The van der Waals surface area contributed by atoms with Gasteiger partial charge in [0.15, 0.2) is 6.10 Å². The maximum Gasteiger partial charge on any atom is 0.306 e. The third-order valence-corrected chi connectivity index (χ3v) is 13.6. The van der Waals surface area contributed by atoms with E-state index in [1.54, 1.807) is 0 Å². The van der Waals surface area contributed by atoms with Gasteiger partial charge in [-0.3, -0.25) is 14.4 Å². The molecule has 0 aliphatic rings. The van der Waals surface area contributed by atoms with Crippen molar-refractivity contribution in [3.05, 3.63) is 97.2 Å². The van der Waals surface area contributed by atoms with E-state index in [2.05, 4.69) is 118 Å². The lowest BCUT2D eigenvalue weighted by atomic mass is 10.0. The van der Waals surface area contributed by atoms with Crippen LogP contribution in [0.2, 0.25) is 0 Å². The second-order valence-electron chi connectivity index (χ2n) is 20.9. The van der Waals surface area contributed by atoms with Crippen molar-refractivity contribution in [1.29, 1.82) is 0 Å². The van der Waals surface area contributed by atoms with Crippen LogP contribution in [-0.4, -0.2) is 37.2 Å². The number of unbranched alkanes of at least 4 members (excludes halogenated alkanes) is 30. The van der Waals surface area contributed by atoms with Crippen molar-refractivity contribution in [3.63, 3.8) is 0 Å². The summed E-state index contributed by atoms with van der Waals surface area (Å²) in [6.45, 7) is 6.44. The van der Waals surface area contributed by atoms with Crippen LogP contribution in [-0.2, 0) is 28.6 Å². The molecular formula is C69H118O6. The highest BCUT2D eigenvalue weighted by Gasteiger charge is 2.19. The summed E-state index contributed by atoms with van der Waals surface area (Å²) in [7, 11) is 0. The molecule has 0 aliphatic heterocycles. The molecule has 1 atom stereocenters. The van der Waals surface area contributed by atoms with Gasteiger partial charge in [0.25, 0.3) is 0 Å². The summed E-state index contributed by atoms with van der Waals surface area (Å²) >= 11 is 0. The first-order valence-electron chi connectivity index (χ1n) is 31.7. The summed E-state index contributed by atoms with van der Waals surface area (Å²) in [4.78, 5) is 37.9. The summed E-state index contributed by atoms with van der Waals surface area (Å²) in [5.41, 5.74) is 0. The highest BCUT2D eigenvalue weighted by Crippen LogP contribution is 2.16. The van der Waals surface area contributed by atoms with Gasteiger partial charge in [-0.2, -0.15) is 0 Å². The summed E-state index contributed by atoms with van der Waals surface area (Å²) in [6, 6.07) is 0. The minimum absolute atomic E-state index is 0.0815. The van der Waals surface area contributed by atoms with Crippen molar-refractivity contribution in [3.8, 4) is 0 Å². The molecule has 0 heterocycles. The van der Waals surface area contributed by atoms with Gasteiger partial charge in [-0.05, 0) is 103 Å². The molecule has 0 saturated heterocycles. The Kier molecular flexibility index (Phi) is 59.8. The zero-order valence-corrected chi connectivity index (χ0v) is 49.3. The molecule has 0 bridgehead atoms. The molecular weight excluding hydrogens is 925 g/mol. The molecule has 0 aliphatic carbocycles. The quantitative estimate of drug-likeness (QED) is 0.0261. The lowest BCUT2D eigenvalue weighted by Gasteiger charge is -2.18.